The molecule has 0 aliphatic heterocycles. The van der Waals surface area contributed by atoms with Crippen molar-refractivity contribution in [3.63, 3.8) is 0 Å². The predicted octanol–water partition coefficient (Wildman–Crippen LogP) is 2.37. The SMILES string of the molecule is CNC(CO)CCC(=O)NCCOC(C)(C)CCOC(C)(C)C(C)(C)CC(C)(C)C(N)=O. The fourth-order valence-corrected chi connectivity index (χ4v) is 3.46. The molecule has 0 saturated carbocycles. The number of aliphatic hydroxyl groups is 1. The van der Waals surface area contributed by atoms with Crippen molar-refractivity contribution in [3.05, 3.63) is 0 Å². The number of rotatable bonds is 17. The van der Waals surface area contributed by atoms with E-state index in [0.29, 0.717) is 45.4 Å². The van der Waals surface area contributed by atoms with E-state index < -0.39 is 16.6 Å². The number of carbonyl (C=O) groups excluding carboxylic acids is 2. The third-order valence-corrected chi connectivity index (χ3v) is 6.61. The maximum absolute atomic E-state index is 11.9. The van der Waals surface area contributed by atoms with E-state index in [9.17, 15) is 9.59 Å². The van der Waals surface area contributed by atoms with Gasteiger partial charge in [0, 0.05) is 24.4 Å². The molecule has 0 aromatic carbocycles. The Morgan fingerprint density at radius 3 is 2.09 bits per heavy atom. The summed E-state index contributed by atoms with van der Waals surface area (Å²) in [6, 6.07) is -0.0629. The summed E-state index contributed by atoms with van der Waals surface area (Å²) in [6.07, 6.45) is 2.27. The number of hydrogen-bond acceptors (Lipinski definition) is 6. The first kappa shape index (κ1) is 30.8. The van der Waals surface area contributed by atoms with Gasteiger partial charge in [0.25, 0.3) is 0 Å². The topological polar surface area (TPSA) is 123 Å². The average molecular weight is 460 g/mol. The fourth-order valence-electron chi connectivity index (χ4n) is 3.46. The fraction of sp³-hybridized carbons (Fsp3) is 0.917. The van der Waals surface area contributed by atoms with E-state index in [1.54, 1.807) is 7.05 Å². The van der Waals surface area contributed by atoms with Gasteiger partial charge in [-0.05, 0) is 59.4 Å². The van der Waals surface area contributed by atoms with Crippen LogP contribution in [0.1, 0.15) is 81.1 Å². The van der Waals surface area contributed by atoms with Crippen LogP contribution in [0.5, 0.6) is 0 Å². The third-order valence-electron chi connectivity index (χ3n) is 6.61. The quantitative estimate of drug-likeness (QED) is 0.248. The zero-order valence-electron chi connectivity index (χ0n) is 21.9. The minimum atomic E-state index is -0.608. The van der Waals surface area contributed by atoms with Crippen LogP contribution < -0.4 is 16.4 Å². The first-order chi connectivity index (χ1) is 14.5. The monoisotopic (exact) mass is 459 g/mol. The number of primary amides is 1. The van der Waals surface area contributed by atoms with E-state index in [2.05, 4.69) is 24.5 Å². The van der Waals surface area contributed by atoms with Crippen molar-refractivity contribution in [2.45, 2.75) is 98.3 Å². The summed E-state index contributed by atoms with van der Waals surface area (Å²) in [5, 5.41) is 14.9. The summed E-state index contributed by atoms with van der Waals surface area (Å²) in [6.45, 7) is 17.4. The van der Waals surface area contributed by atoms with E-state index in [1.165, 1.54) is 0 Å². The molecule has 0 aromatic rings. The molecular formula is C24H49N3O5. The lowest BCUT2D eigenvalue weighted by molar-refractivity contribution is -0.140. The zero-order valence-corrected chi connectivity index (χ0v) is 21.9. The number of nitrogens with two attached hydrogens (primary N) is 1. The number of ether oxygens (including phenoxy) is 2. The number of hydrogen-bond donors (Lipinski definition) is 4. The number of amides is 2. The molecule has 1 unspecified atom stereocenters. The number of likely N-dealkylation sites (N-methyl/N-ethyl adjacent to an activating group) is 1. The second-order valence-electron chi connectivity index (χ2n) is 11.1. The lowest BCUT2D eigenvalue weighted by Gasteiger charge is -2.45. The van der Waals surface area contributed by atoms with E-state index >= 15 is 0 Å². The first-order valence-electron chi connectivity index (χ1n) is 11.6. The van der Waals surface area contributed by atoms with Crippen molar-refractivity contribution in [3.8, 4) is 0 Å². The second kappa shape index (κ2) is 12.9. The van der Waals surface area contributed by atoms with Crippen molar-refractivity contribution >= 4 is 11.8 Å². The Balaban J connectivity index is 4.40. The Hall–Kier alpha value is -1.22. The summed E-state index contributed by atoms with van der Waals surface area (Å²) in [4.78, 5) is 23.7. The van der Waals surface area contributed by atoms with Crippen molar-refractivity contribution < 1.29 is 24.2 Å². The number of aliphatic hydroxyl groups excluding tert-OH is 1. The Morgan fingerprint density at radius 1 is 1.00 bits per heavy atom. The number of nitrogens with one attached hydrogen (secondary N) is 2. The molecule has 0 aliphatic carbocycles. The molecule has 190 valence electrons. The van der Waals surface area contributed by atoms with Crippen LogP contribution in [-0.2, 0) is 19.1 Å². The van der Waals surface area contributed by atoms with Gasteiger partial charge in [0.1, 0.15) is 0 Å². The Labute approximate surface area is 195 Å². The van der Waals surface area contributed by atoms with Gasteiger partial charge in [0.05, 0.1) is 31.0 Å². The minimum absolute atomic E-state index is 0.0139. The van der Waals surface area contributed by atoms with Gasteiger partial charge >= 0.3 is 0 Å². The molecule has 0 bridgehead atoms. The van der Waals surface area contributed by atoms with Crippen LogP contribution in [0.3, 0.4) is 0 Å². The summed E-state index contributed by atoms with van der Waals surface area (Å²) in [5.74, 6) is -0.357. The van der Waals surface area contributed by atoms with E-state index in [4.69, 9.17) is 20.3 Å². The molecule has 0 rings (SSSR count). The minimum Gasteiger partial charge on any atom is -0.395 e. The Morgan fingerprint density at radius 2 is 1.59 bits per heavy atom. The van der Waals surface area contributed by atoms with Gasteiger partial charge in [-0.25, -0.2) is 0 Å². The molecule has 0 heterocycles. The largest absolute Gasteiger partial charge is 0.395 e. The molecule has 32 heavy (non-hydrogen) atoms. The van der Waals surface area contributed by atoms with Crippen molar-refractivity contribution in [1.82, 2.24) is 10.6 Å². The van der Waals surface area contributed by atoms with Crippen LogP contribution >= 0.6 is 0 Å². The van der Waals surface area contributed by atoms with Crippen molar-refractivity contribution in [1.29, 1.82) is 0 Å². The standard InChI is InChI=1S/C24H49N3O5/c1-21(2,20(25)30)17-22(3,4)24(7,8)32-14-12-23(5,6)31-15-13-27-19(29)11-10-18(16-28)26-9/h18,26,28H,10-17H2,1-9H3,(H2,25,30)(H,27,29). The highest BCUT2D eigenvalue weighted by Crippen LogP contribution is 2.43. The molecule has 5 N–H and O–H groups in total. The molecule has 0 fully saturated rings. The van der Waals surface area contributed by atoms with Crippen LogP contribution in [0.2, 0.25) is 0 Å². The molecule has 0 spiro atoms. The zero-order chi connectivity index (χ0) is 25.2. The van der Waals surface area contributed by atoms with Crippen LogP contribution in [0.4, 0.5) is 0 Å². The van der Waals surface area contributed by atoms with Gasteiger partial charge in [0.2, 0.25) is 11.8 Å². The number of carbonyl (C=O) groups is 2. The van der Waals surface area contributed by atoms with E-state index in [1.807, 2.05) is 41.5 Å². The Bertz CT molecular complexity index is 584. The van der Waals surface area contributed by atoms with Gasteiger partial charge in [-0.2, -0.15) is 0 Å². The van der Waals surface area contributed by atoms with E-state index in [-0.39, 0.29) is 29.9 Å². The van der Waals surface area contributed by atoms with Gasteiger partial charge in [-0.3, -0.25) is 9.59 Å². The molecule has 8 heteroatoms. The van der Waals surface area contributed by atoms with Crippen LogP contribution in [0.15, 0.2) is 0 Å². The van der Waals surface area contributed by atoms with Crippen LogP contribution in [0.25, 0.3) is 0 Å². The molecular weight excluding hydrogens is 410 g/mol. The second-order valence-corrected chi connectivity index (χ2v) is 11.1. The predicted molar refractivity (Wildman–Crippen MR) is 128 cm³/mol. The molecule has 2 amide bonds. The highest BCUT2D eigenvalue weighted by molar-refractivity contribution is 5.80. The van der Waals surface area contributed by atoms with Gasteiger partial charge < -0.3 is 30.9 Å². The highest BCUT2D eigenvalue weighted by Gasteiger charge is 2.43. The van der Waals surface area contributed by atoms with Gasteiger partial charge in [0.15, 0.2) is 0 Å². The summed E-state index contributed by atoms with van der Waals surface area (Å²) in [5.41, 5.74) is 3.84. The lowest BCUT2D eigenvalue weighted by atomic mass is 9.66. The summed E-state index contributed by atoms with van der Waals surface area (Å²) in [7, 11) is 1.77. The molecule has 8 nitrogen and oxygen atoms in total. The van der Waals surface area contributed by atoms with Crippen LogP contribution in [-0.4, -0.2) is 67.6 Å². The highest BCUT2D eigenvalue weighted by atomic mass is 16.5. The van der Waals surface area contributed by atoms with Gasteiger partial charge in [-0.15, -0.1) is 0 Å². The molecule has 0 radical (unpaired) electrons. The smallest absolute Gasteiger partial charge is 0.223 e. The summed E-state index contributed by atoms with van der Waals surface area (Å²) < 4.78 is 12.2. The van der Waals surface area contributed by atoms with Crippen molar-refractivity contribution in [2.75, 3.05) is 33.4 Å². The average Bonchev–Trinajstić information content (AvgIpc) is 2.64. The molecule has 0 saturated heterocycles. The Kier molecular flexibility index (Phi) is 12.4. The first-order valence-corrected chi connectivity index (χ1v) is 11.6. The normalized spacial score (nSPS) is 14.3. The molecule has 1 atom stereocenters. The third kappa shape index (κ3) is 11.1. The summed E-state index contributed by atoms with van der Waals surface area (Å²) >= 11 is 0. The van der Waals surface area contributed by atoms with Crippen LogP contribution in [0, 0.1) is 10.8 Å². The van der Waals surface area contributed by atoms with Crippen molar-refractivity contribution in [2.24, 2.45) is 16.6 Å². The van der Waals surface area contributed by atoms with E-state index in [0.717, 1.165) is 0 Å². The maximum Gasteiger partial charge on any atom is 0.223 e. The van der Waals surface area contributed by atoms with Gasteiger partial charge in [-0.1, -0.05) is 27.7 Å². The molecule has 0 aliphatic rings. The molecule has 0 aromatic heterocycles. The maximum atomic E-state index is 11.9. The lowest BCUT2D eigenvalue weighted by Crippen LogP contribution is -2.47.